The summed E-state index contributed by atoms with van der Waals surface area (Å²) >= 11 is 0. The zero-order valence-electron chi connectivity index (χ0n) is 40.0. The second-order valence-electron chi connectivity index (χ2n) is 18.6. The first-order valence-electron chi connectivity index (χ1n) is 24.3. The van der Waals surface area contributed by atoms with Gasteiger partial charge in [0.15, 0.2) is 0 Å². The van der Waals surface area contributed by atoms with Crippen LogP contribution >= 0.6 is 0 Å². The van der Waals surface area contributed by atoms with Crippen LogP contribution in [0.5, 0.6) is 0 Å². The fourth-order valence-electron chi connectivity index (χ4n) is 10.9. The number of hydrogen-bond donors (Lipinski definition) is 0. The van der Waals surface area contributed by atoms with Crippen molar-refractivity contribution in [1.29, 1.82) is 0 Å². The Hall–Kier alpha value is -8.72. The summed E-state index contributed by atoms with van der Waals surface area (Å²) in [6.07, 6.45) is 0. The SMILES string of the molecule is Cc1ccccc1N(c1cc(-c2ccccc2)cc(-c2ccccc2)c1C)c1ccc2ccc3c(N(c4ccccc4C)c4cc(-c5ccccc5)cc(-c5ccccc5)c4C)ccc4ccc1c2c43. The molecule has 70 heavy (non-hydrogen) atoms. The molecule has 12 aromatic carbocycles. The maximum absolute atomic E-state index is 2.53. The van der Waals surface area contributed by atoms with E-state index in [1.165, 1.54) is 99.1 Å². The molecule has 0 fully saturated rings. The molecule has 0 saturated heterocycles. The zero-order chi connectivity index (χ0) is 47.3. The summed E-state index contributed by atoms with van der Waals surface area (Å²) in [5.41, 5.74) is 21.3. The topological polar surface area (TPSA) is 6.48 Å². The molecule has 0 aliphatic rings. The highest BCUT2D eigenvalue weighted by Gasteiger charge is 2.26. The molecule has 2 nitrogen and oxygen atoms in total. The van der Waals surface area contributed by atoms with Crippen LogP contribution in [0, 0.1) is 27.7 Å². The minimum Gasteiger partial charge on any atom is -0.309 e. The predicted molar refractivity (Wildman–Crippen MR) is 300 cm³/mol. The van der Waals surface area contributed by atoms with E-state index in [9.17, 15) is 0 Å². The van der Waals surface area contributed by atoms with Crippen LogP contribution in [0.4, 0.5) is 34.1 Å². The van der Waals surface area contributed by atoms with Crippen LogP contribution in [-0.4, -0.2) is 0 Å². The van der Waals surface area contributed by atoms with Crippen LogP contribution < -0.4 is 9.80 Å². The van der Waals surface area contributed by atoms with E-state index in [4.69, 9.17) is 0 Å². The van der Waals surface area contributed by atoms with Gasteiger partial charge in [-0.15, -0.1) is 0 Å². The first kappa shape index (κ1) is 42.6. The van der Waals surface area contributed by atoms with Gasteiger partial charge in [0.1, 0.15) is 0 Å². The molecule has 12 aromatic rings. The van der Waals surface area contributed by atoms with Crippen molar-refractivity contribution >= 4 is 66.4 Å². The molecule has 0 N–H and O–H groups in total. The highest BCUT2D eigenvalue weighted by Crippen LogP contribution is 2.51. The van der Waals surface area contributed by atoms with Crippen molar-refractivity contribution in [3.8, 4) is 44.5 Å². The molecule has 0 atom stereocenters. The lowest BCUT2D eigenvalue weighted by Gasteiger charge is -2.32. The maximum atomic E-state index is 2.53. The van der Waals surface area contributed by atoms with Crippen molar-refractivity contribution in [2.24, 2.45) is 0 Å². The Morgan fingerprint density at radius 3 is 0.943 bits per heavy atom. The summed E-state index contributed by atoms with van der Waals surface area (Å²) in [6, 6.07) is 89.2. The van der Waals surface area contributed by atoms with E-state index in [0.717, 1.165) is 34.1 Å². The van der Waals surface area contributed by atoms with Crippen LogP contribution in [0.25, 0.3) is 76.8 Å². The van der Waals surface area contributed by atoms with Crippen LogP contribution in [0.2, 0.25) is 0 Å². The first-order chi connectivity index (χ1) is 34.4. The van der Waals surface area contributed by atoms with Crippen molar-refractivity contribution in [2.45, 2.75) is 27.7 Å². The van der Waals surface area contributed by atoms with Gasteiger partial charge in [0.2, 0.25) is 0 Å². The lowest BCUT2D eigenvalue weighted by molar-refractivity contribution is 1.23. The van der Waals surface area contributed by atoms with E-state index < -0.39 is 0 Å². The van der Waals surface area contributed by atoms with Crippen LogP contribution in [-0.2, 0) is 0 Å². The molecule has 334 valence electrons. The Kier molecular flexibility index (Phi) is 10.8. The lowest BCUT2D eigenvalue weighted by atomic mass is 9.90. The lowest BCUT2D eigenvalue weighted by Crippen LogP contribution is -2.14. The Bertz CT molecular complexity index is 3600. The molecular formula is C68H52N2. The average Bonchev–Trinajstić information content (AvgIpc) is 3.41. The van der Waals surface area contributed by atoms with E-state index in [1.807, 2.05) is 0 Å². The van der Waals surface area contributed by atoms with E-state index in [-0.39, 0.29) is 0 Å². The molecule has 0 spiro atoms. The number of hydrogen-bond acceptors (Lipinski definition) is 2. The largest absolute Gasteiger partial charge is 0.309 e. The molecule has 0 radical (unpaired) electrons. The van der Waals surface area contributed by atoms with E-state index in [2.05, 4.69) is 280 Å². The van der Waals surface area contributed by atoms with Crippen molar-refractivity contribution in [2.75, 3.05) is 9.80 Å². The third-order valence-corrected chi connectivity index (χ3v) is 14.4. The molecule has 0 saturated carbocycles. The maximum Gasteiger partial charge on any atom is 0.0540 e. The van der Waals surface area contributed by atoms with Gasteiger partial charge in [0, 0.05) is 22.1 Å². The van der Waals surface area contributed by atoms with Gasteiger partial charge in [0.25, 0.3) is 0 Å². The minimum atomic E-state index is 1.14. The molecule has 2 heteroatoms. The number of aryl methyl sites for hydroxylation is 2. The average molecular weight is 897 g/mol. The highest BCUT2D eigenvalue weighted by atomic mass is 15.2. The second kappa shape index (κ2) is 17.7. The fourth-order valence-corrected chi connectivity index (χ4v) is 10.9. The standard InChI is InChI=1S/C68H52N2/c1-45-21-17-19-31-61(45)69(65-43-55(49-23-9-5-10-24-49)41-59(47(65)3)51-27-13-7-14-28-51)63-39-35-53-34-38-58-64(40-36-54-33-37-57(63)67(53)68(54)58)70(62-32-20-18-22-46(62)2)66-44-56(50-25-11-6-12-26-50)42-60(48(66)4)52-29-15-8-16-30-52/h5-44H,1-4H3. The monoisotopic (exact) mass is 896 g/mol. The van der Waals surface area contributed by atoms with Gasteiger partial charge < -0.3 is 9.80 Å². The van der Waals surface area contributed by atoms with E-state index in [0.29, 0.717) is 0 Å². The van der Waals surface area contributed by atoms with Crippen LogP contribution in [0.1, 0.15) is 22.3 Å². The summed E-state index contributed by atoms with van der Waals surface area (Å²) in [5.74, 6) is 0. The Balaban J connectivity index is 1.13. The van der Waals surface area contributed by atoms with Gasteiger partial charge in [-0.2, -0.15) is 0 Å². The second-order valence-corrected chi connectivity index (χ2v) is 18.6. The van der Waals surface area contributed by atoms with Gasteiger partial charge in [-0.3, -0.25) is 0 Å². The Labute approximate surface area is 411 Å². The molecule has 0 amide bonds. The quantitative estimate of drug-likeness (QED) is 0.126. The number of benzene rings is 12. The summed E-state index contributed by atoms with van der Waals surface area (Å²) in [6.45, 7) is 9.05. The third-order valence-electron chi connectivity index (χ3n) is 14.4. The summed E-state index contributed by atoms with van der Waals surface area (Å²) < 4.78 is 0. The van der Waals surface area contributed by atoms with Crippen molar-refractivity contribution in [3.05, 3.63) is 265 Å². The minimum absolute atomic E-state index is 1.14. The third kappa shape index (κ3) is 7.37. The Morgan fingerprint density at radius 1 is 0.243 bits per heavy atom. The highest BCUT2D eigenvalue weighted by molar-refractivity contribution is 6.28. The number of rotatable bonds is 10. The van der Waals surface area contributed by atoms with Crippen LogP contribution in [0.15, 0.2) is 243 Å². The molecule has 0 aliphatic heterocycles. The summed E-state index contributed by atoms with van der Waals surface area (Å²) in [4.78, 5) is 5.05. The summed E-state index contributed by atoms with van der Waals surface area (Å²) in [7, 11) is 0. The Morgan fingerprint density at radius 2 is 0.571 bits per heavy atom. The van der Waals surface area contributed by atoms with Gasteiger partial charge in [-0.25, -0.2) is 0 Å². The summed E-state index contributed by atoms with van der Waals surface area (Å²) in [5, 5.41) is 7.37. The fraction of sp³-hybridized carbons (Fsp3) is 0.0588. The van der Waals surface area contributed by atoms with E-state index >= 15 is 0 Å². The van der Waals surface area contributed by atoms with Crippen molar-refractivity contribution in [3.63, 3.8) is 0 Å². The molecule has 0 heterocycles. The van der Waals surface area contributed by atoms with Gasteiger partial charge in [0.05, 0.1) is 22.7 Å². The first-order valence-corrected chi connectivity index (χ1v) is 24.3. The van der Waals surface area contributed by atoms with Crippen molar-refractivity contribution < 1.29 is 0 Å². The van der Waals surface area contributed by atoms with E-state index in [1.54, 1.807) is 0 Å². The molecule has 0 aromatic heterocycles. The number of para-hydroxylation sites is 2. The van der Waals surface area contributed by atoms with Gasteiger partial charge in [-0.1, -0.05) is 194 Å². The molecule has 0 aliphatic carbocycles. The van der Waals surface area contributed by atoms with Gasteiger partial charge >= 0.3 is 0 Å². The molecule has 12 rings (SSSR count). The normalized spacial score (nSPS) is 11.4. The smallest absolute Gasteiger partial charge is 0.0540 e. The molecule has 0 unspecified atom stereocenters. The number of anilines is 6. The number of nitrogens with zero attached hydrogens (tertiary/aromatic N) is 2. The molecular weight excluding hydrogens is 845 g/mol. The van der Waals surface area contributed by atoms with Gasteiger partial charge in [-0.05, 0) is 165 Å². The predicted octanol–water partition coefficient (Wildman–Crippen LogP) is 19.4. The zero-order valence-corrected chi connectivity index (χ0v) is 40.0. The van der Waals surface area contributed by atoms with Crippen LogP contribution in [0.3, 0.4) is 0 Å². The molecule has 0 bridgehead atoms. The van der Waals surface area contributed by atoms with Crippen molar-refractivity contribution in [1.82, 2.24) is 0 Å².